The van der Waals surface area contributed by atoms with Crippen LogP contribution in [0.2, 0.25) is 0 Å². The Labute approximate surface area is 126 Å². The second-order valence-electron chi connectivity index (χ2n) is 6.08. The van der Waals surface area contributed by atoms with Gasteiger partial charge in [0.1, 0.15) is 0 Å². The zero-order chi connectivity index (χ0) is 15.0. The van der Waals surface area contributed by atoms with E-state index in [1.807, 2.05) is 0 Å². The van der Waals surface area contributed by atoms with Crippen molar-refractivity contribution in [3.63, 3.8) is 0 Å². The van der Waals surface area contributed by atoms with Crippen LogP contribution in [-0.4, -0.2) is 12.6 Å². The molecule has 1 rings (SSSR count). The summed E-state index contributed by atoms with van der Waals surface area (Å²) in [6.45, 7) is 12.4. The van der Waals surface area contributed by atoms with Crippen molar-refractivity contribution in [2.24, 2.45) is 5.92 Å². The van der Waals surface area contributed by atoms with Crippen LogP contribution in [0.15, 0.2) is 18.2 Å². The van der Waals surface area contributed by atoms with Gasteiger partial charge in [0.2, 0.25) is 0 Å². The van der Waals surface area contributed by atoms with E-state index < -0.39 is 0 Å². The highest BCUT2D eigenvalue weighted by Gasteiger charge is 2.20. The van der Waals surface area contributed by atoms with Crippen molar-refractivity contribution in [1.82, 2.24) is 5.32 Å². The molecule has 0 amide bonds. The van der Waals surface area contributed by atoms with Crippen LogP contribution >= 0.6 is 0 Å². The van der Waals surface area contributed by atoms with Crippen molar-refractivity contribution in [1.29, 1.82) is 0 Å². The minimum atomic E-state index is 0.625. The number of rotatable bonds is 9. The summed E-state index contributed by atoms with van der Waals surface area (Å²) in [5.74, 6) is 0.809. The molecule has 20 heavy (non-hydrogen) atoms. The quantitative estimate of drug-likeness (QED) is 0.665. The highest BCUT2D eigenvalue weighted by atomic mass is 14.9. The Bertz CT molecular complexity index is 357. The van der Waals surface area contributed by atoms with Gasteiger partial charge in [0, 0.05) is 6.04 Å². The van der Waals surface area contributed by atoms with E-state index in [4.69, 9.17) is 0 Å². The number of nitrogens with one attached hydrogen (secondary N) is 1. The fourth-order valence-corrected chi connectivity index (χ4v) is 3.35. The third-order valence-corrected chi connectivity index (χ3v) is 4.42. The molecule has 114 valence electrons. The predicted molar refractivity (Wildman–Crippen MR) is 90.4 cm³/mol. The van der Waals surface area contributed by atoms with Gasteiger partial charge in [-0.05, 0) is 62.3 Å². The second kappa shape index (κ2) is 9.18. The molecule has 1 N–H and O–H groups in total. The summed E-state index contributed by atoms with van der Waals surface area (Å²) in [5.41, 5.74) is 4.44. The van der Waals surface area contributed by atoms with E-state index in [2.05, 4.69) is 58.1 Å². The number of benzene rings is 1. The maximum Gasteiger partial charge on any atom is 0.0136 e. The molecule has 0 spiro atoms. The largest absolute Gasteiger partial charge is 0.314 e. The molecule has 0 saturated heterocycles. The Morgan fingerprint density at radius 1 is 0.950 bits per heavy atom. The summed E-state index contributed by atoms with van der Waals surface area (Å²) in [6, 6.07) is 7.30. The highest BCUT2D eigenvalue weighted by molar-refractivity contribution is 5.34. The molecule has 1 aromatic rings. The number of hydrogen-bond donors (Lipinski definition) is 1. The van der Waals surface area contributed by atoms with Crippen LogP contribution in [0.25, 0.3) is 0 Å². The first-order chi connectivity index (χ1) is 9.63. The number of aryl methyl sites for hydroxylation is 2. The van der Waals surface area contributed by atoms with Gasteiger partial charge in [0.25, 0.3) is 0 Å². The lowest BCUT2D eigenvalue weighted by Gasteiger charge is -2.29. The molecule has 0 aliphatic heterocycles. The van der Waals surface area contributed by atoms with Crippen LogP contribution in [0.4, 0.5) is 0 Å². The van der Waals surface area contributed by atoms with Crippen molar-refractivity contribution in [3.05, 3.63) is 34.9 Å². The Morgan fingerprint density at radius 3 is 1.95 bits per heavy atom. The molecule has 0 bridgehead atoms. The van der Waals surface area contributed by atoms with Crippen molar-refractivity contribution in [2.75, 3.05) is 6.54 Å². The standard InChI is InChI=1S/C19H33N/c1-6-10-17(11-7-2)19(20-8-3)14-18-15(4)12-9-13-16(18)5/h9,12-13,17,19-20H,6-8,10-11,14H2,1-5H3. The maximum absolute atomic E-state index is 3.76. The summed E-state index contributed by atoms with van der Waals surface area (Å²) in [6.07, 6.45) is 6.45. The van der Waals surface area contributed by atoms with Crippen LogP contribution in [0, 0.1) is 19.8 Å². The molecule has 1 atom stereocenters. The SMILES string of the molecule is CCCC(CCC)C(Cc1c(C)cccc1C)NCC. The second-order valence-corrected chi connectivity index (χ2v) is 6.08. The average molecular weight is 275 g/mol. The minimum Gasteiger partial charge on any atom is -0.314 e. The van der Waals surface area contributed by atoms with Crippen LogP contribution in [0.5, 0.6) is 0 Å². The van der Waals surface area contributed by atoms with Crippen molar-refractivity contribution in [2.45, 2.75) is 72.8 Å². The minimum absolute atomic E-state index is 0.625. The topological polar surface area (TPSA) is 12.0 Å². The molecule has 1 aromatic carbocycles. The van der Waals surface area contributed by atoms with Crippen molar-refractivity contribution < 1.29 is 0 Å². The Balaban J connectivity index is 2.89. The van der Waals surface area contributed by atoms with Gasteiger partial charge in [0.15, 0.2) is 0 Å². The third-order valence-electron chi connectivity index (χ3n) is 4.42. The molecular formula is C19H33N. The van der Waals surface area contributed by atoms with Crippen LogP contribution in [0.3, 0.4) is 0 Å². The normalized spacial score (nSPS) is 12.9. The van der Waals surface area contributed by atoms with Gasteiger partial charge in [-0.25, -0.2) is 0 Å². The van der Waals surface area contributed by atoms with Gasteiger partial charge in [-0.1, -0.05) is 51.8 Å². The van der Waals surface area contributed by atoms with Gasteiger partial charge in [-0.3, -0.25) is 0 Å². The lowest BCUT2D eigenvalue weighted by molar-refractivity contribution is 0.312. The Kier molecular flexibility index (Phi) is 7.91. The fourth-order valence-electron chi connectivity index (χ4n) is 3.35. The van der Waals surface area contributed by atoms with E-state index in [-0.39, 0.29) is 0 Å². The number of hydrogen-bond acceptors (Lipinski definition) is 1. The third kappa shape index (κ3) is 4.94. The average Bonchev–Trinajstić information content (AvgIpc) is 2.42. The van der Waals surface area contributed by atoms with Gasteiger partial charge in [0.05, 0.1) is 0 Å². The molecule has 1 heteroatoms. The van der Waals surface area contributed by atoms with Gasteiger partial charge < -0.3 is 5.32 Å². The first-order valence-electron chi connectivity index (χ1n) is 8.42. The van der Waals surface area contributed by atoms with Crippen LogP contribution in [-0.2, 0) is 6.42 Å². The Hall–Kier alpha value is -0.820. The lowest BCUT2D eigenvalue weighted by atomic mass is 9.84. The van der Waals surface area contributed by atoms with Gasteiger partial charge in [-0.2, -0.15) is 0 Å². The molecule has 0 aliphatic carbocycles. The summed E-state index contributed by atoms with van der Waals surface area (Å²) >= 11 is 0. The summed E-state index contributed by atoms with van der Waals surface area (Å²) < 4.78 is 0. The van der Waals surface area contributed by atoms with Crippen molar-refractivity contribution in [3.8, 4) is 0 Å². The van der Waals surface area contributed by atoms with E-state index in [1.165, 1.54) is 43.2 Å². The summed E-state index contributed by atoms with van der Waals surface area (Å²) in [7, 11) is 0. The molecular weight excluding hydrogens is 242 g/mol. The molecule has 0 fully saturated rings. The van der Waals surface area contributed by atoms with Crippen molar-refractivity contribution >= 4 is 0 Å². The number of likely N-dealkylation sites (N-methyl/N-ethyl adjacent to an activating group) is 1. The first kappa shape index (κ1) is 17.2. The van der Waals surface area contributed by atoms with E-state index >= 15 is 0 Å². The van der Waals surface area contributed by atoms with E-state index in [0.29, 0.717) is 6.04 Å². The molecule has 0 heterocycles. The molecule has 0 saturated carbocycles. The smallest absolute Gasteiger partial charge is 0.0136 e. The Morgan fingerprint density at radius 2 is 1.50 bits per heavy atom. The van der Waals surface area contributed by atoms with E-state index in [1.54, 1.807) is 5.56 Å². The van der Waals surface area contributed by atoms with E-state index in [9.17, 15) is 0 Å². The zero-order valence-electron chi connectivity index (χ0n) is 14.1. The lowest BCUT2D eigenvalue weighted by Crippen LogP contribution is -2.38. The van der Waals surface area contributed by atoms with Crippen LogP contribution < -0.4 is 5.32 Å². The predicted octanol–water partition coefficient (Wildman–Crippen LogP) is 5.04. The molecule has 0 aromatic heterocycles. The monoisotopic (exact) mass is 275 g/mol. The molecule has 0 aliphatic rings. The molecule has 1 nitrogen and oxygen atoms in total. The molecule has 1 unspecified atom stereocenters. The van der Waals surface area contributed by atoms with E-state index in [0.717, 1.165) is 12.5 Å². The van der Waals surface area contributed by atoms with Gasteiger partial charge in [-0.15, -0.1) is 0 Å². The van der Waals surface area contributed by atoms with Crippen LogP contribution in [0.1, 0.15) is 63.1 Å². The molecule has 0 radical (unpaired) electrons. The highest BCUT2D eigenvalue weighted by Crippen LogP contribution is 2.24. The zero-order valence-corrected chi connectivity index (χ0v) is 14.1. The maximum atomic E-state index is 3.76. The summed E-state index contributed by atoms with van der Waals surface area (Å²) in [5, 5.41) is 3.76. The fraction of sp³-hybridized carbons (Fsp3) is 0.684. The summed E-state index contributed by atoms with van der Waals surface area (Å²) in [4.78, 5) is 0. The van der Waals surface area contributed by atoms with Gasteiger partial charge >= 0.3 is 0 Å². The first-order valence-corrected chi connectivity index (χ1v) is 8.42.